The van der Waals surface area contributed by atoms with Gasteiger partial charge in [0.15, 0.2) is 11.5 Å². The number of hydrogen-bond acceptors (Lipinski definition) is 4. The first kappa shape index (κ1) is 19.0. The van der Waals surface area contributed by atoms with Gasteiger partial charge in [-0.3, -0.25) is 9.78 Å². The normalized spacial score (nSPS) is 12.0. The van der Waals surface area contributed by atoms with Crippen molar-refractivity contribution in [3.05, 3.63) is 89.7 Å². The maximum Gasteiger partial charge on any atom is 0.231 e. The highest BCUT2D eigenvalue weighted by atomic mass is 16.7. The Morgan fingerprint density at radius 3 is 2.59 bits per heavy atom. The van der Waals surface area contributed by atoms with Gasteiger partial charge in [-0.2, -0.15) is 0 Å². The van der Waals surface area contributed by atoms with Crippen molar-refractivity contribution < 1.29 is 14.3 Å². The van der Waals surface area contributed by atoms with E-state index in [0.29, 0.717) is 25.3 Å². The predicted molar refractivity (Wildman–Crippen MR) is 111 cm³/mol. The fourth-order valence-corrected chi connectivity index (χ4v) is 3.44. The zero-order valence-electron chi connectivity index (χ0n) is 16.3. The first-order valence-electron chi connectivity index (χ1n) is 9.88. The molecule has 148 valence electrons. The summed E-state index contributed by atoms with van der Waals surface area (Å²) in [5.41, 5.74) is 3.10. The van der Waals surface area contributed by atoms with E-state index in [2.05, 4.69) is 17.1 Å². The number of pyridine rings is 1. The molecule has 0 radical (unpaired) electrons. The summed E-state index contributed by atoms with van der Waals surface area (Å²) in [6, 6.07) is 21.8. The first-order chi connectivity index (χ1) is 14.3. The van der Waals surface area contributed by atoms with Crippen molar-refractivity contribution in [1.82, 2.24) is 9.88 Å². The quantitative estimate of drug-likeness (QED) is 0.585. The molecule has 0 saturated carbocycles. The molecule has 4 rings (SSSR count). The van der Waals surface area contributed by atoms with E-state index in [9.17, 15) is 4.79 Å². The standard InChI is InChI=1S/C24H24N2O3/c27-24(16-20-11-12-22-23(15-20)29-18-28-22)26(17-21-10-4-5-13-25-21)14-6-9-19-7-2-1-3-8-19/h1-5,7-8,10-13,15H,6,9,14,16-18H2. The summed E-state index contributed by atoms with van der Waals surface area (Å²) in [6.45, 7) is 1.44. The van der Waals surface area contributed by atoms with Crippen LogP contribution in [0.5, 0.6) is 11.5 Å². The Bertz CT molecular complexity index is 945. The number of rotatable bonds is 8. The Morgan fingerprint density at radius 1 is 0.931 bits per heavy atom. The van der Waals surface area contributed by atoms with E-state index in [1.165, 1.54) is 5.56 Å². The van der Waals surface area contributed by atoms with Crippen LogP contribution in [0.4, 0.5) is 0 Å². The molecule has 1 aliphatic heterocycles. The van der Waals surface area contributed by atoms with Crippen LogP contribution in [0, 0.1) is 0 Å². The molecule has 29 heavy (non-hydrogen) atoms. The van der Waals surface area contributed by atoms with Gasteiger partial charge in [-0.1, -0.05) is 42.5 Å². The molecule has 0 fully saturated rings. The molecule has 0 atom stereocenters. The zero-order chi connectivity index (χ0) is 19.9. The minimum atomic E-state index is 0.0857. The van der Waals surface area contributed by atoms with Gasteiger partial charge in [0, 0.05) is 12.7 Å². The van der Waals surface area contributed by atoms with Crippen molar-refractivity contribution in [3.63, 3.8) is 0 Å². The van der Waals surface area contributed by atoms with Gasteiger partial charge in [0.25, 0.3) is 0 Å². The van der Waals surface area contributed by atoms with Crippen LogP contribution in [0.2, 0.25) is 0 Å². The number of hydrogen-bond donors (Lipinski definition) is 0. The lowest BCUT2D eigenvalue weighted by Crippen LogP contribution is -2.33. The Kier molecular flexibility index (Phi) is 6.05. The van der Waals surface area contributed by atoms with Gasteiger partial charge in [0.1, 0.15) is 0 Å². The maximum atomic E-state index is 13.1. The van der Waals surface area contributed by atoms with Gasteiger partial charge >= 0.3 is 0 Å². The van der Waals surface area contributed by atoms with Crippen molar-refractivity contribution in [2.75, 3.05) is 13.3 Å². The Morgan fingerprint density at radius 2 is 1.76 bits per heavy atom. The minimum Gasteiger partial charge on any atom is -0.454 e. The molecule has 5 nitrogen and oxygen atoms in total. The molecule has 2 aromatic carbocycles. The Balaban J connectivity index is 1.42. The van der Waals surface area contributed by atoms with Crippen molar-refractivity contribution in [3.8, 4) is 11.5 Å². The summed E-state index contributed by atoms with van der Waals surface area (Å²) in [7, 11) is 0. The van der Waals surface area contributed by atoms with Crippen LogP contribution in [-0.4, -0.2) is 29.1 Å². The Labute approximate surface area is 170 Å². The molecule has 2 heterocycles. The van der Waals surface area contributed by atoms with E-state index in [0.717, 1.165) is 29.8 Å². The molecular formula is C24H24N2O3. The zero-order valence-corrected chi connectivity index (χ0v) is 16.3. The molecule has 0 N–H and O–H groups in total. The predicted octanol–water partition coefficient (Wildman–Crippen LogP) is 4.01. The van der Waals surface area contributed by atoms with Crippen molar-refractivity contribution in [2.45, 2.75) is 25.8 Å². The van der Waals surface area contributed by atoms with Gasteiger partial charge in [-0.05, 0) is 48.2 Å². The average Bonchev–Trinajstić information content (AvgIpc) is 3.22. The van der Waals surface area contributed by atoms with E-state index in [-0.39, 0.29) is 12.7 Å². The van der Waals surface area contributed by atoms with E-state index >= 15 is 0 Å². The highest BCUT2D eigenvalue weighted by molar-refractivity contribution is 5.79. The molecule has 1 aliphatic rings. The summed E-state index contributed by atoms with van der Waals surface area (Å²) >= 11 is 0. The van der Waals surface area contributed by atoms with Crippen molar-refractivity contribution >= 4 is 5.91 Å². The van der Waals surface area contributed by atoms with E-state index in [1.54, 1.807) is 6.20 Å². The monoisotopic (exact) mass is 388 g/mol. The van der Waals surface area contributed by atoms with Crippen LogP contribution in [0.25, 0.3) is 0 Å². The molecule has 3 aromatic rings. The fraction of sp³-hybridized carbons (Fsp3) is 0.250. The molecule has 1 aromatic heterocycles. The summed E-state index contributed by atoms with van der Waals surface area (Å²) < 4.78 is 10.8. The average molecular weight is 388 g/mol. The van der Waals surface area contributed by atoms with Crippen LogP contribution in [0.3, 0.4) is 0 Å². The second-order valence-corrected chi connectivity index (χ2v) is 7.09. The summed E-state index contributed by atoms with van der Waals surface area (Å²) in [5.74, 6) is 1.52. The van der Waals surface area contributed by atoms with Gasteiger partial charge in [-0.15, -0.1) is 0 Å². The number of carbonyl (C=O) groups excluding carboxylic acids is 1. The maximum absolute atomic E-state index is 13.1. The molecule has 0 bridgehead atoms. The number of ether oxygens (including phenoxy) is 2. The second-order valence-electron chi connectivity index (χ2n) is 7.09. The molecule has 0 spiro atoms. The van der Waals surface area contributed by atoms with E-state index < -0.39 is 0 Å². The second kappa shape index (κ2) is 9.24. The highest BCUT2D eigenvalue weighted by Gasteiger charge is 2.18. The third-order valence-electron chi connectivity index (χ3n) is 4.96. The highest BCUT2D eigenvalue weighted by Crippen LogP contribution is 2.32. The molecule has 0 unspecified atom stereocenters. The number of fused-ring (bicyclic) bond motifs is 1. The number of carbonyl (C=O) groups is 1. The number of aromatic nitrogens is 1. The van der Waals surface area contributed by atoms with Gasteiger partial charge in [0.05, 0.1) is 18.7 Å². The van der Waals surface area contributed by atoms with Crippen LogP contribution >= 0.6 is 0 Å². The number of aryl methyl sites for hydroxylation is 1. The third-order valence-corrected chi connectivity index (χ3v) is 4.96. The molecule has 0 aliphatic carbocycles. The molecule has 5 heteroatoms. The molecule has 0 saturated heterocycles. The van der Waals surface area contributed by atoms with E-state index in [4.69, 9.17) is 9.47 Å². The van der Waals surface area contributed by atoms with Gasteiger partial charge in [0.2, 0.25) is 12.7 Å². The van der Waals surface area contributed by atoms with Gasteiger partial charge < -0.3 is 14.4 Å². The largest absolute Gasteiger partial charge is 0.454 e. The lowest BCUT2D eigenvalue weighted by molar-refractivity contribution is -0.131. The van der Waals surface area contributed by atoms with Crippen LogP contribution in [0.1, 0.15) is 23.2 Å². The number of benzene rings is 2. The third kappa shape index (κ3) is 5.13. The lowest BCUT2D eigenvalue weighted by Gasteiger charge is -2.23. The summed E-state index contributed by atoms with van der Waals surface area (Å²) in [6.07, 6.45) is 3.94. The van der Waals surface area contributed by atoms with Crippen molar-refractivity contribution in [2.24, 2.45) is 0 Å². The summed E-state index contributed by atoms with van der Waals surface area (Å²) in [4.78, 5) is 19.4. The minimum absolute atomic E-state index is 0.0857. The SMILES string of the molecule is O=C(Cc1ccc2c(c1)OCO2)N(CCCc1ccccc1)Cc1ccccn1. The van der Waals surface area contributed by atoms with Crippen LogP contribution in [0.15, 0.2) is 72.9 Å². The molecule has 1 amide bonds. The molecular weight excluding hydrogens is 364 g/mol. The van der Waals surface area contributed by atoms with Crippen LogP contribution < -0.4 is 9.47 Å². The number of amides is 1. The van der Waals surface area contributed by atoms with E-state index in [1.807, 2.05) is 59.5 Å². The van der Waals surface area contributed by atoms with Crippen molar-refractivity contribution in [1.29, 1.82) is 0 Å². The Hall–Kier alpha value is -3.34. The van der Waals surface area contributed by atoms with Gasteiger partial charge in [-0.25, -0.2) is 0 Å². The summed E-state index contributed by atoms with van der Waals surface area (Å²) in [5, 5.41) is 0. The first-order valence-corrected chi connectivity index (χ1v) is 9.88. The topological polar surface area (TPSA) is 51.7 Å². The fourth-order valence-electron chi connectivity index (χ4n) is 3.44. The smallest absolute Gasteiger partial charge is 0.231 e. The lowest BCUT2D eigenvalue weighted by atomic mass is 10.1. The van der Waals surface area contributed by atoms with Crippen LogP contribution in [-0.2, 0) is 24.2 Å². The number of nitrogens with zero attached hydrogens (tertiary/aromatic N) is 2.